The fourth-order valence-electron chi connectivity index (χ4n) is 4.73. The molecule has 3 aromatic carbocycles. The number of rotatable bonds is 3. The Labute approximate surface area is 190 Å². The van der Waals surface area contributed by atoms with Crippen molar-refractivity contribution in [3.8, 4) is 23.0 Å². The van der Waals surface area contributed by atoms with Crippen molar-refractivity contribution in [3.63, 3.8) is 0 Å². The number of anilines is 1. The molecule has 33 heavy (non-hydrogen) atoms. The molecule has 0 aromatic heterocycles. The zero-order chi connectivity index (χ0) is 22.4. The molecular formula is C26H22N2O5. The van der Waals surface area contributed by atoms with Gasteiger partial charge in [0.25, 0.3) is 0 Å². The van der Waals surface area contributed by atoms with Crippen molar-refractivity contribution in [2.24, 2.45) is 0 Å². The lowest BCUT2D eigenvalue weighted by molar-refractivity contribution is -0.122. The molecule has 0 radical (unpaired) electrons. The summed E-state index contributed by atoms with van der Waals surface area (Å²) in [6, 6.07) is 20.3. The Bertz CT molecular complexity index is 1210. The fraction of sp³-hybridized carbons (Fsp3) is 0.231. The molecule has 1 saturated heterocycles. The molecule has 0 unspecified atom stereocenters. The first kappa shape index (κ1) is 19.7. The summed E-state index contributed by atoms with van der Waals surface area (Å²) >= 11 is 0. The molecule has 3 aliphatic heterocycles. The summed E-state index contributed by atoms with van der Waals surface area (Å²) in [6.07, 6.45) is 0.243. The molecule has 3 aromatic rings. The summed E-state index contributed by atoms with van der Waals surface area (Å²) < 4.78 is 17.2. The Balaban J connectivity index is 1.23. The molecule has 2 amide bonds. The second-order valence-electron chi connectivity index (χ2n) is 8.35. The molecule has 7 heteroatoms. The van der Waals surface area contributed by atoms with E-state index in [1.807, 2.05) is 66.7 Å². The lowest BCUT2D eigenvalue weighted by Crippen LogP contribution is -2.40. The molecule has 166 valence electrons. The smallest absolute Gasteiger partial charge is 0.232 e. The van der Waals surface area contributed by atoms with E-state index in [2.05, 4.69) is 5.32 Å². The van der Waals surface area contributed by atoms with Crippen LogP contribution in [0.3, 0.4) is 0 Å². The monoisotopic (exact) mass is 442 g/mol. The van der Waals surface area contributed by atoms with E-state index in [9.17, 15) is 9.59 Å². The van der Waals surface area contributed by atoms with Gasteiger partial charge in [-0.25, -0.2) is 0 Å². The van der Waals surface area contributed by atoms with E-state index in [1.54, 1.807) is 4.90 Å². The SMILES string of the molecule is O=C(N[C@@H]1CC(=O)N(c2ccc3c(c2)OCCO3)C1)C1c2ccccc2Oc2ccccc21. The van der Waals surface area contributed by atoms with Crippen LogP contribution in [0.15, 0.2) is 66.7 Å². The predicted octanol–water partition coefficient (Wildman–Crippen LogP) is 3.62. The highest BCUT2D eigenvalue weighted by Crippen LogP contribution is 2.44. The van der Waals surface area contributed by atoms with Crippen LogP contribution < -0.4 is 24.4 Å². The van der Waals surface area contributed by atoms with Gasteiger partial charge in [-0.05, 0) is 24.3 Å². The zero-order valence-electron chi connectivity index (χ0n) is 17.8. The van der Waals surface area contributed by atoms with Crippen molar-refractivity contribution in [1.29, 1.82) is 0 Å². The third kappa shape index (κ3) is 3.46. The summed E-state index contributed by atoms with van der Waals surface area (Å²) in [7, 11) is 0. The number of para-hydroxylation sites is 2. The molecule has 1 atom stereocenters. The summed E-state index contributed by atoms with van der Waals surface area (Å²) in [5.74, 6) is 2.00. The number of hydrogen-bond acceptors (Lipinski definition) is 5. The van der Waals surface area contributed by atoms with Gasteiger partial charge in [0.05, 0.1) is 12.0 Å². The van der Waals surface area contributed by atoms with Crippen LogP contribution in [0.1, 0.15) is 23.5 Å². The van der Waals surface area contributed by atoms with Crippen LogP contribution in [0.5, 0.6) is 23.0 Å². The van der Waals surface area contributed by atoms with Gasteiger partial charge in [-0.1, -0.05) is 36.4 Å². The Morgan fingerprint density at radius 1 is 0.848 bits per heavy atom. The first-order chi connectivity index (χ1) is 16.2. The van der Waals surface area contributed by atoms with Gasteiger partial charge in [0.2, 0.25) is 11.8 Å². The van der Waals surface area contributed by atoms with Crippen LogP contribution >= 0.6 is 0 Å². The van der Waals surface area contributed by atoms with Crippen LogP contribution in [-0.2, 0) is 9.59 Å². The highest BCUT2D eigenvalue weighted by atomic mass is 16.6. The van der Waals surface area contributed by atoms with Crippen LogP contribution in [0.4, 0.5) is 5.69 Å². The first-order valence-corrected chi connectivity index (χ1v) is 11.0. The molecular weight excluding hydrogens is 420 g/mol. The van der Waals surface area contributed by atoms with E-state index in [4.69, 9.17) is 14.2 Å². The van der Waals surface area contributed by atoms with Crippen molar-refractivity contribution in [2.45, 2.75) is 18.4 Å². The second kappa shape index (κ2) is 7.85. The lowest BCUT2D eigenvalue weighted by atomic mass is 9.87. The van der Waals surface area contributed by atoms with Gasteiger partial charge in [0, 0.05) is 35.8 Å². The number of hydrogen-bond donors (Lipinski definition) is 1. The quantitative estimate of drug-likeness (QED) is 0.671. The highest BCUT2D eigenvalue weighted by Gasteiger charge is 2.37. The average Bonchev–Trinajstić information content (AvgIpc) is 3.21. The molecule has 3 heterocycles. The molecule has 1 N–H and O–H groups in total. The number of benzene rings is 3. The summed E-state index contributed by atoms with van der Waals surface area (Å²) in [5, 5.41) is 3.11. The van der Waals surface area contributed by atoms with Crippen LogP contribution in [0.25, 0.3) is 0 Å². The summed E-state index contributed by atoms with van der Waals surface area (Å²) in [6.45, 7) is 1.40. The molecule has 6 rings (SSSR count). The number of nitrogens with one attached hydrogen (secondary N) is 1. The van der Waals surface area contributed by atoms with Crippen molar-refractivity contribution < 1.29 is 23.8 Å². The minimum Gasteiger partial charge on any atom is -0.486 e. The van der Waals surface area contributed by atoms with Gasteiger partial charge in [0.15, 0.2) is 11.5 Å². The highest BCUT2D eigenvalue weighted by molar-refractivity contribution is 5.98. The standard InChI is InChI=1S/C26H22N2O5/c29-24-13-16(15-28(24)17-9-10-22-23(14-17)32-12-11-31-22)27-26(30)25-18-5-1-3-7-20(18)33-21-8-4-2-6-19(21)25/h1-10,14,16,25H,11-13,15H2,(H,27,30)/t16-/m1/s1. The van der Waals surface area contributed by atoms with Gasteiger partial charge in [0.1, 0.15) is 24.7 Å². The van der Waals surface area contributed by atoms with Gasteiger partial charge in [-0.15, -0.1) is 0 Å². The first-order valence-electron chi connectivity index (χ1n) is 11.0. The Morgan fingerprint density at radius 2 is 1.52 bits per heavy atom. The number of fused-ring (bicyclic) bond motifs is 3. The molecule has 0 spiro atoms. The van der Waals surface area contributed by atoms with E-state index in [0.717, 1.165) is 16.8 Å². The molecule has 3 aliphatic rings. The molecule has 0 aliphatic carbocycles. The second-order valence-corrected chi connectivity index (χ2v) is 8.35. The van der Waals surface area contributed by atoms with Crippen LogP contribution in [-0.4, -0.2) is 37.6 Å². The number of amides is 2. The van der Waals surface area contributed by atoms with Crippen molar-refractivity contribution in [3.05, 3.63) is 77.9 Å². The van der Waals surface area contributed by atoms with Crippen molar-refractivity contribution in [2.75, 3.05) is 24.7 Å². The number of nitrogens with zero attached hydrogens (tertiary/aromatic N) is 1. The maximum Gasteiger partial charge on any atom is 0.232 e. The lowest BCUT2D eigenvalue weighted by Gasteiger charge is -2.28. The maximum atomic E-state index is 13.5. The molecule has 7 nitrogen and oxygen atoms in total. The number of carbonyl (C=O) groups is 2. The maximum absolute atomic E-state index is 13.5. The minimum atomic E-state index is -0.496. The average molecular weight is 442 g/mol. The molecule has 0 bridgehead atoms. The summed E-state index contributed by atoms with van der Waals surface area (Å²) in [4.78, 5) is 28.0. The van der Waals surface area contributed by atoms with E-state index in [-0.39, 0.29) is 24.3 Å². The summed E-state index contributed by atoms with van der Waals surface area (Å²) in [5.41, 5.74) is 2.38. The Morgan fingerprint density at radius 3 is 2.24 bits per heavy atom. The minimum absolute atomic E-state index is 0.0373. The molecule has 0 saturated carbocycles. The number of ether oxygens (including phenoxy) is 3. The van der Waals surface area contributed by atoms with Gasteiger partial charge in [-0.2, -0.15) is 0 Å². The van der Waals surface area contributed by atoms with Crippen LogP contribution in [0, 0.1) is 0 Å². The third-order valence-electron chi connectivity index (χ3n) is 6.25. The zero-order valence-corrected chi connectivity index (χ0v) is 17.8. The number of carbonyl (C=O) groups excluding carboxylic acids is 2. The van der Waals surface area contributed by atoms with Crippen molar-refractivity contribution >= 4 is 17.5 Å². The van der Waals surface area contributed by atoms with E-state index in [1.165, 1.54) is 0 Å². The van der Waals surface area contributed by atoms with Gasteiger partial charge < -0.3 is 24.4 Å². The van der Waals surface area contributed by atoms with E-state index in [0.29, 0.717) is 42.8 Å². The molecule has 1 fully saturated rings. The van der Waals surface area contributed by atoms with E-state index < -0.39 is 5.92 Å². The van der Waals surface area contributed by atoms with Crippen molar-refractivity contribution in [1.82, 2.24) is 5.32 Å². The van der Waals surface area contributed by atoms with Gasteiger partial charge >= 0.3 is 0 Å². The fourth-order valence-corrected chi connectivity index (χ4v) is 4.73. The van der Waals surface area contributed by atoms with E-state index >= 15 is 0 Å². The third-order valence-corrected chi connectivity index (χ3v) is 6.25. The van der Waals surface area contributed by atoms with Gasteiger partial charge in [-0.3, -0.25) is 9.59 Å². The normalized spacial score (nSPS) is 18.8. The topological polar surface area (TPSA) is 77.1 Å². The predicted molar refractivity (Wildman–Crippen MR) is 121 cm³/mol. The Kier molecular flexibility index (Phi) is 4.68. The van der Waals surface area contributed by atoms with Crippen LogP contribution in [0.2, 0.25) is 0 Å². The Hall–Kier alpha value is -4.00. The largest absolute Gasteiger partial charge is 0.486 e.